The lowest BCUT2D eigenvalue weighted by Crippen LogP contribution is -2.28. The van der Waals surface area contributed by atoms with Crippen LogP contribution in [0.15, 0.2) is 41.0 Å². The summed E-state index contributed by atoms with van der Waals surface area (Å²) >= 11 is 1.05. The van der Waals surface area contributed by atoms with Gasteiger partial charge in [-0.1, -0.05) is 0 Å². The standard InChI is InChI=1S/C15H15F2N7OS/c1-22(9-5-4-6-18-7-9)13(25)10-8-19-14(23(10)2)26-15-21-20-12(11(16)17)24(15)3/h4-8,11H,1-3H3. The number of rotatable bonds is 5. The van der Waals surface area contributed by atoms with Gasteiger partial charge in [0, 0.05) is 27.3 Å². The van der Waals surface area contributed by atoms with Crippen molar-refractivity contribution in [2.24, 2.45) is 14.1 Å². The summed E-state index contributed by atoms with van der Waals surface area (Å²) in [4.78, 5) is 22.3. The molecule has 0 saturated heterocycles. The summed E-state index contributed by atoms with van der Waals surface area (Å²) in [7, 11) is 4.76. The molecule has 0 radical (unpaired) electrons. The van der Waals surface area contributed by atoms with Crippen molar-refractivity contribution >= 4 is 23.4 Å². The molecule has 0 N–H and O–H groups in total. The number of aromatic nitrogens is 6. The van der Waals surface area contributed by atoms with Crippen molar-refractivity contribution in [3.05, 3.63) is 42.2 Å². The van der Waals surface area contributed by atoms with Crippen molar-refractivity contribution in [2.75, 3.05) is 11.9 Å². The third-order valence-corrected chi connectivity index (χ3v) is 4.85. The maximum atomic E-state index is 12.8. The zero-order valence-corrected chi connectivity index (χ0v) is 15.0. The average Bonchev–Trinajstić information content (AvgIpc) is 3.18. The predicted octanol–water partition coefficient (Wildman–Crippen LogP) is 2.31. The molecule has 3 heterocycles. The quantitative estimate of drug-likeness (QED) is 0.677. The molecule has 8 nitrogen and oxygen atoms in total. The number of amides is 1. The molecule has 1 amide bonds. The Kier molecular flexibility index (Phi) is 4.98. The van der Waals surface area contributed by atoms with Crippen LogP contribution in [0.4, 0.5) is 14.5 Å². The normalized spacial score (nSPS) is 11.2. The number of anilines is 1. The van der Waals surface area contributed by atoms with Crippen LogP contribution >= 0.6 is 11.8 Å². The number of pyridine rings is 1. The molecule has 3 aromatic rings. The van der Waals surface area contributed by atoms with Gasteiger partial charge < -0.3 is 14.0 Å². The molecule has 0 aliphatic rings. The van der Waals surface area contributed by atoms with Crippen molar-refractivity contribution < 1.29 is 13.6 Å². The van der Waals surface area contributed by atoms with Crippen LogP contribution < -0.4 is 4.90 Å². The number of nitrogens with zero attached hydrogens (tertiary/aromatic N) is 7. The van der Waals surface area contributed by atoms with Crippen molar-refractivity contribution in [3.8, 4) is 0 Å². The van der Waals surface area contributed by atoms with Crippen LogP contribution in [-0.2, 0) is 14.1 Å². The molecule has 136 valence electrons. The zero-order valence-electron chi connectivity index (χ0n) is 14.2. The lowest BCUT2D eigenvalue weighted by Gasteiger charge is -2.16. The van der Waals surface area contributed by atoms with Crippen molar-refractivity contribution in [2.45, 2.75) is 16.7 Å². The molecule has 0 atom stereocenters. The van der Waals surface area contributed by atoms with Gasteiger partial charge in [0.25, 0.3) is 12.3 Å². The fourth-order valence-electron chi connectivity index (χ4n) is 2.21. The van der Waals surface area contributed by atoms with Gasteiger partial charge in [-0.2, -0.15) is 0 Å². The fraction of sp³-hybridized carbons (Fsp3) is 0.267. The van der Waals surface area contributed by atoms with Crippen LogP contribution in [-0.4, -0.2) is 42.3 Å². The number of halogens is 2. The van der Waals surface area contributed by atoms with Crippen LogP contribution in [0.25, 0.3) is 0 Å². The first-order chi connectivity index (χ1) is 12.4. The first kappa shape index (κ1) is 18.0. The predicted molar refractivity (Wildman–Crippen MR) is 90.3 cm³/mol. The largest absolute Gasteiger partial charge is 0.318 e. The molecule has 0 fully saturated rings. The molecule has 0 aliphatic carbocycles. The van der Waals surface area contributed by atoms with Crippen molar-refractivity contribution in [3.63, 3.8) is 0 Å². The second-order valence-corrected chi connectivity index (χ2v) is 6.30. The SMILES string of the molecule is CN(C(=O)c1cnc(Sc2nnc(C(F)F)n2C)n1C)c1cccnc1. The minimum atomic E-state index is -2.71. The minimum absolute atomic E-state index is 0.258. The van der Waals surface area contributed by atoms with E-state index in [1.807, 2.05) is 0 Å². The molecule has 0 unspecified atom stereocenters. The van der Waals surface area contributed by atoms with Gasteiger partial charge >= 0.3 is 0 Å². The van der Waals surface area contributed by atoms with E-state index >= 15 is 0 Å². The van der Waals surface area contributed by atoms with E-state index in [1.54, 1.807) is 43.2 Å². The fourth-order valence-corrected chi connectivity index (χ4v) is 3.03. The van der Waals surface area contributed by atoms with E-state index in [0.717, 1.165) is 11.8 Å². The zero-order chi connectivity index (χ0) is 18.8. The van der Waals surface area contributed by atoms with Gasteiger partial charge in [0.05, 0.1) is 18.1 Å². The first-order valence-electron chi connectivity index (χ1n) is 7.45. The maximum absolute atomic E-state index is 12.8. The summed E-state index contributed by atoms with van der Waals surface area (Å²) in [5.74, 6) is -0.694. The van der Waals surface area contributed by atoms with E-state index in [9.17, 15) is 13.6 Å². The molecule has 0 bridgehead atoms. The van der Waals surface area contributed by atoms with E-state index in [2.05, 4.69) is 20.2 Å². The highest BCUT2D eigenvalue weighted by Crippen LogP contribution is 2.28. The summed E-state index contributed by atoms with van der Waals surface area (Å²) in [6.45, 7) is 0. The molecular formula is C15H15F2N7OS. The number of alkyl halides is 2. The first-order valence-corrected chi connectivity index (χ1v) is 8.27. The summed E-state index contributed by atoms with van der Waals surface area (Å²) in [5, 5.41) is 7.92. The van der Waals surface area contributed by atoms with Gasteiger partial charge in [0.15, 0.2) is 10.3 Å². The Morgan fingerprint density at radius 1 is 1.19 bits per heavy atom. The summed E-state index contributed by atoms with van der Waals surface area (Å²) in [6, 6.07) is 3.50. The van der Waals surface area contributed by atoms with Crippen LogP contribution in [0.1, 0.15) is 22.7 Å². The van der Waals surface area contributed by atoms with Gasteiger partial charge in [-0.05, 0) is 23.9 Å². The molecule has 3 aromatic heterocycles. The van der Waals surface area contributed by atoms with Gasteiger partial charge in [0.1, 0.15) is 5.69 Å². The number of imidazole rings is 1. The van der Waals surface area contributed by atoms with Crippen LogP contribution in [0.3, 0.4) is 0 Å². The Bertz CT molecular complexity index is 925. The van der Waals surface area contributed by atoms with E-state index in [4.69, 9.17) is 0 Å². The van der Waals surface area contributed by atoms with E-state index in [1.165, 1.54) is 22.7 Å². The topological polar surface area (TPSA) is 81.7 Å². The number of hydrogen-bond donors (Lipinski definition) is 0. The molecule has 26 heavy (non-hydrogen) atoms. The Morgan fingerprint density at radius 2 is 1.96 bits per heavy atom. The summed E-state index contributed by atoms with van der Waals surface area (Å²) in [5.41, 5.74) is 0.984. The summed E-state index contributed by atoms with van der Waals surface area (Å²) in [6.07, 6.45) is 1.92. The van der Waals surface area contributed by atoms with Crippen molar-refractivity contribution in [1.29, 1.82) is 0 Å². The van der Waals surface area contributed by atoms with Gasteiger partial charge in [-0.3, -0.25) is 9.78 Å². The van der Waals surface area contributed by atoms with Crippen molar-refractivity contribution in [1.82, 2.24) is 29.3 Å². The van der Waals surface area contributed by atoms with E-state index < -0.39 is 12.2 Å². The Labute approximate surface area is 151 Å². The molecule has 0 aromatic carbocycles. The van der Waals surface area contributed by atoms with Crippen LogP contribution in [0.5, 0.6) is 0 Å². The highest BCUT2D eigenvalue weighted by Gasteiger charge is 2.22. The Morgan fingerprint density at radius 3 is 2.58 bits per heavy atom. The smallest absolute Gasteiger partial charge is 0.297 e. The molecule has 11 heteroatoms. The van der Waals surface area contributed by atoms with Gasteiger partial charge in [-0.25, -0.2) is 13.8 Å². The highest BCUT2D eigenvalue weighted by molar-refractivity contribution is 7.99. The Balaban J connectivity index is 1.83. The average molecular weight is 379 g/mol. The molecular weight excluding hydrogens is 364 g/mol. The monoisotopic (exact) mass is 379 g/mol. The lowest BCUT2D eigenvalue weighted by molar-refractivity contribution is 0.0984. The maximum Gasteiger partial charge on any atom is 0.297 e. The molecule has 3 rings (SSSR count). The third kappa shape index (κ3) is 3.29. The molecule has 0 spiro atoms. The number of hydrogen-bond acceptors (Lipinski definition) is 6. The highest BCUT2D eigenvalue weighted by atomic mass is 32.2. The molecule has 0 saturated carbocycles. The van der Waals surface area contributed by atoms with Crippen LogP contribution in [0.2, 0.25) is 0 Å². The van der Waals surface area contributed by atoms with Gasteiger partial charge in [-0.15, -0.1) is 10.2 Å². The second-order valence-electron chi connectivity index (χ2n) is 5.36. The minimum Gasteiger partial charge on any atom is -0.318 e. The Hall–Kier alpha value is -2.82. The van der Waals surface area contributed by atoms with E-state index in [0.29, 0.717) is 16.5 Å². The number of carbonyl (C=O) groups excluding carboxylic acids is 1. The lowest BCUT2D eigenvalue weighted by atomic mass is 10.3. The second kappa shape index (κ2) is 7.20. The third-order valence-electron chi connectivity index (χ3n) is 3.75. The molecule has 0 aliphatic heterocycles. The van der Waals surface area contributed by atoms with Gasteiger partial charge in [0.2, 0.25) is 5.82 Å². The van der Waals surface area contributed by atoms with Crippen LogP contribution in [0, 0.1) is 0 Å². The van der Waals surface area contributed by atoms with E-state index in [-0.39, 0.29) is 11.1 Å². The number of carbonyl (C=O) groups is 1. The summed E-state index contributed by atoms with van der Waals surface area (Å²) < 4.78 is 28.4.